The first-order valence-electron chi connectivity index (χ1n) is 9.09. The molecule has 3 heterocycles. The minimum absolute atomic E-state index is 0.00873. The van der Waals surface area contributed by atoms with Gasteiger partial charge in [0.1, 0.15) is 5.52 Å². The Bertz CT molecular complexity index is 1110. The Balaban J connectivity index is 1.87. The number of nitrogens with one attached hydrogen (secondary N) is 3. The second-order valence-corrected chi connectivity index (χ2v) is 6.89. The van der Waals surface area contributed by atoms with Crippen LogP contribution in [0, 0.1) is 0 Å². The predicted molar refractivity (Wildman–Crippen MR) is 109 cm³/mol. The Morgan fingerprint density at radius 3 is 2.89 bits per heavy atom. The maximum Gasteiger partial charge on any atom is 0.275 e. The van der Waals surface area contributed by atoms with Crippen LogP contribution in [0.15, 0.2) is 53.6 Å². The summed E-state index contributed by atoms with van der Waals surface area (Å²) >= 11 is 0. The van der Waals surface area contributed by atoms with Crippen LogP contribution in [-0.2, 0) is 11.3 Å². The quantitative estimate of drug-likeness (QED) is 0.622. The molecule has 0 spiro atoms. The number of aromatic amines is 1. The van der Waals surface area contributed by atoms with Crippen LogP contribution in [0.1, 0.15) is 20.3 Å². The highest BCUT2D eigenvalue weighted by Gasteiger charge is 2.19. The molecule has 27 heavy (non-hydrogen) atoms. The fraction of sp³-hybridized carbons (Fsp3) is 0.238. The molecule has 6 heteroatoms. The summed E-state index contributed by atoms with van der Waals surface area (Å²) in [6, 6.07) is 7.90. The van der Waals surface area contributed by atoms with Gasteiger partial charge in [-0.3, -0.25) is 9.59 Å². The SMILES string of the molecule is CC=CCn1cc(-c2ccc3c(c2)NC(C)CC(=O)N3)c2cc[nH]c2c1=O. The number of fused-ring (bicyclic) bond motifs is 2. The van der Waals surface area contributed by atoms with Crippen molar-refractivity contribution in [3.8, 4) is 11.1 Å². The van der Waals surface area contributed by atoms with Crippen LogP contribution >= 0.6 is 0 Å². The van der Waals surface area contributed by atoms with Crippen LogP contribution in [-0.4, -0.2) is 21.5 Å². The second kappa shape index (κ2) is 6.79. The molecule has 3 N–H and O–H groups in total. The van der Waals surface area contributed by atoms with Crippen molar-refractivity contribution in [3.05, 3.63) is 59.2 Å². The number of amides is 1. The Hall–Kier alpha value is -3.28. The number of benzene rings is 1. The van der Waals surface area contributed by atoms with Gasteiger partial charge < -0.3 is 20.2 Å². The third kappa shape index (κ3) is 3.14. The van der Waals surface area contributed by atoms with Gasteiger partial charge in [-0.15, -0.1) is 0 Å². The molecule has 1 aliphatic rings. The summed E-state index contributed by atoms with van der Waals surface area (Å²) in [4.78, 5) is 27.7. The van der Waals surface area contributed by atoms with Crippen LogP contribution < -0.4 is 16.2 Å². The maximum absolute atomic E-state index is 12.7. The van der Waals surface area contributed by atoms with E-state index in [9.17, 15) is 9.59 Å². The normalized spacial score (nSPS) is 16.8. The molecule has 0 radical (unpaired) electrons. The molecule has 0 bridgehead atoms. The molecule has 1 amide bonds. The standard InChI is InChI=1S/C21H22N4O2/c1-3-4-9-25-12-16(15-7-8-22-20(15)21(25)27)14-5-6-17-18(11-14)23-13(2)10-19(26)24-17/h3-8,11-13,22-23H,9-10H2,1-2H3,(H,24,26). The zero-order chi connectivity index (χ0) is 19.0. The molecule has 0 saturated carbocycles. The number of allylic oxidation sites excluding steroid dienone is 2. The molecule has 0 saturated heterocycles. The lowest BCUT2D eigenvalue weighted by Crippen LogP contribution is -2.19. The van der Waals surface area contributed by atoms with Gasteiger partial charge in [-0.05, 0) is 37.6 Å². The summed E-state index contributed by atoms with van der Waals surface area (Å²) in [7, 11) is 0. The highest BCUT2D eigenvalue weighted by molar-refractivity contribution is 5.99. The maximum atomic E-state index is 12.7. The van der Waals surface area contributed by atoms with Crippen LogP contribution in [0.5, 0.6) is 0 Å². The molecule has 0 aliphatic carbocycles. The summed E-state index contributed by atoms with van der Waals surface area (Å²) in [6.45, 7) is 4.45. The Labute approximate surface area is 156 Å². The van der Waals surface area contributed by atoms with Crippen molar-refractivity contribution in [2.24, 2.45) is 0 Å². The number of pyridine rings is 1. The molecule has 1 unspecified atom stereocenters. The number of anilines is 2. The first kappa shape index (κ1) is 17.1. The van der Waals surface area contributed by atoms with Crippen molar-refractivity contribution in [2.75, 3.05) is 10.6 Å². The first-order chi connectivity index (χ1) is 13.1. The summed E-state index contributed by atoms with van der Waals surface area (Å²) in [5.41, 5.74) is 4.19. The monoisotopic (exact) mass is 362 g/mol. The Morgan fingerprint density at radius 1 is 1.22 bits per heavy atom. The molecule has 3 aromatic rings. The van der Waals surface area contributed by atoms with E-state index < -0.39 is 0 Å². The van der Waals surface area contributed by atoms with Crippen molar-refractivity contribution >= 4 is 28.2 Å². The first-order valence-corrected chi connectivity index (χ1v) is 9.09. The molecular formula is C21H22N4O2. The van der Waals surface area contributed by atoms with E-state index in [0.29, 0.717) is 18.5 Å². The number of hydrogen-bond donors (Lipinski definition) is 3. The summed E-state index contributed by atoms with van der Waals surface area (Å²) in [6.07, 6.45) is 8.01. The molecule has 6 nitrogen and oxygen atoms in total. The highest BCUT2D eigenvalue weighted by Crippen LogP contribution is 2.34. The van der Waals surface area contributed by atoms with E-state index in [-0.39, 0.29) is 17.5 Å². The van der Waals surface area contributed by atoms with E-state index in [1.165, 1.54) is 0 Å². The van der Waals surface area contributed by atoms with Crippen LogP contribution in [0.4, 0.5) is 11.4 Å². The van der Waals surface area contributed by atoms with Gasteiger partial charge in [0.15, 0.2) is 0 Å². The summed E-state index contributed by atoms with van der Waals surface area (Å²) in [5, 5.41) is 7.23. The van der Waals surface area contributed by atoms with Crippen molar-refractivity contribution in [1.29, 1.82) is 0 Å². The van der Waals surface area contributed by atoms with E-state index in [1.807, 2.05) is 56.5 Å². The van der Waals surface area contributed by atoms with Crippen LogP contribution in [0.25, 0.3) is 22.0 Å². The zero-order valence-corrected chi connectivity index (χ0v) is 15.4. The number of rotatable bonds is 3. The van der Waals surface area contributed by atoms with E-state index in [0.717, 1.165) is 27.9 Å². The largest absolute Gasteiger partial charge is 0.380 e. The summed E-state index contributed by atoms with van der Waals surface area (Å²) < 4.78 is 1.71. The predicted octanol–water partition coefficient (Wildman–Crippen LogP) is 3.72. The lowest BCUT2D eigenvalue weighted by atomic mass is 10.0. The lowest BCUT2D eigenvalue weighted by molar-refractivity contribution is -0.116. The second-order valence-electron chi connectivity index (χ2n) is 6.89. The van der Waals surface area contributed by atoms with Crippen molar-refractivity contribution in [1.82, 2.24) is 9.55 Å². The van der Waals surface area contributed by atoms with Gasteiger partial charge in [-0.25, -0.2) is 0 Å². The Morgan fingerprint density at radius 2 is 2.07 bits per heavy atom. The van der Waals surface area contributed by atoms with E-state index in [1.54, 1.807) is 10.8 Å². The average molecular weight is 362 g/mol. The topological polar surface area (TPSA) is 78.9 Å². The molecule has 1 aliphatic heterocycles. The molecule has 2 aromatic heterocycles. The molecule has 1 atom stereocenters. The van der Waals surface area contributed by atoms with E-state index >= 15 is 0 Å². The van der Waals surface area contributed by atoms with Crippen LogP contribution in [0.3, 0.4) is 0 Å². The van der Waals surface area contributed by atoms with Crippen LogP contribution in [0.2, 0.25) is 0 Å². The van der Waals surface area contributed by atoms with Gasteiger partial charge >= 0.3 is 0 Å². The minimum Gasteiger partial charge on any atom is -0.380 e. The van der Waals surface area contributed by atoms with Crippen molar-refractivity contribution in [3.63, 3.8) is 0 Å². The third-order valence-corrected chi connectivity index (χ3v) is 4.83. The van der Waals surface area contributed by atoms with Gasteiger partial charge in [-0.1, -0.05) is 18.2 Å². The number of carbonyl (C=O) groups excluding carboxylic acids is 1. The van der Waals surface area contributed by atoms with E-state index in [2.05, 4.69) is 15.6 Å². The van der Waals surface area contributed by atoms with Crippen molar-refractivity contribution in [2.45, 2.75) is 32.9 Å². The minimum atomic E-state index is -0.0365. The van der Waals surface area contributed by atoms with Gasteiger partial charge in [0.2, 0.25) is 5.91 Å². The fourth-order valence-electron chi connectivity index (χ4n) is 3.52. The molecule has 1 aromatic carbocycles. The number of hydrogen-bond acceptors (Lipinski definition) is 3. The van der Waals surface area contributed by atoms with Crippen molar-refractivity contribution < 1.29 is 4.79 Å². The molecule has 138 valence electrons. The van der Waals surface area contributed by atoms with E-state index in [4.69, 9.17) is 0 Å². The number of carbonyl (C=O) groups is 1. The van der Waals surface area contributed by atoms with Gasteiger partial charge in [0, 0.05) is 42.4 Å². The molecular weight excluding hydrogens is 340 g/mol. The lowest BCUT2D eigenvalue weighted by Gasteiger charge is -2.15. The highest BCUT2D eigenvalue weighted by atomic mass is 16.1. The molecule has 0 fully saturated rings. The average Bonchev–Trinajstić information content (AvgIpc) is 3.07. The Kier molecular flexibility index (Phi) is 4.32. The smallest absolute Gasteiger partial charge is 0.275 e. The van der Waals surface area contributed by atoms with Gasteiger partial charge in [0.25, 0.3) is 5.56 Å². The number of H-pyrrole nitrogens is 1. The number of nitrogens with zero attached hydrogens (tertiary/aromatic N) is 1. The number of aromatic nitrogens is 2. The van der Waals surface area contributed by atoms with Gasteiger partial charge in [0.05, 0.1) is 11.4 Å². The third-order valence-electron chi connectivity index (χ3n) is 4.83. The van der Waals surface area contributed by atoms with Gasteiger partial charge in [-0.2, -0.15) is 0 Å². The fourth-order valence-corrected chi connectivity index (χ4v) is 3.52. The summed E-state index contributed by atoms with van der Waals surface area (Å²) in [5.74, 6) is 0.00873. The zero-order valence-electron chi connectivity index (χ0n) is 15.4. The molecule has 4 rings (SSSR count).